The van der Waals surface area contributed by atoms with E-state index in [-0.39, 0.29) is 12.3 Å². The van der Waals surface area contributed by atoms with Gasteiger partial charge in [0.1, 0.15) is 5.82 Å². The SMILES string of the molecule is O=C(Cc1c(Cl)cccc1Cl)NCc1ccc(N2CCOCC2)nc1. The van der Waals surface area contributed by atoms with E-state index in [9.17, 15) is 4.79 Å². The zero-order valence-electron chi connectivity index (χ0n) is 13.7. The van der Waals surface area contributed by atoms with E-state index in [2.05, 4.69) is 15.2 Å². The molecule has 1 aliphatic heterocycles. The van der Waals surface area contributed by atoms with Crippen molar-refractivity contribution in [2.45, 2.75) is 13.0 Å². The summed E-state index contributed by atoms with van der Waals surface area (Å²) in [5.41, 5.74) is 1.58. The first-order valence-electron chi connectivity index (χ1n) is 8.10. The van der Waals surface area contributed by atoms with Gasteiger partial charge in [-0.05, 0) is 29.3 Å². The minimum atomic E-state index is -0.132. The number of pyridine rings is 1. The van der Waals surface area contributed by atoms with Crippen molar-refractivity contribution in [2.75, 3.05) is 31.2 Å². The van der Waals surface area contributed by atoms with Gasteiger partial charge >= 0.3 is 0 Å². The average Bonchev–Trinajstić information content (AvgIpc) is 2.64. The van der Waals surface area contributed by atoms with Gasteiger partial charge in [0.05, 0.1) is 19.6 Å². The van der Waals surface area contributed by atoms with E-state index in [4.69, 9.17) is 27.9 Å². The predicted molar refractivity (Wildman–Crippen MR) is 99.3 cm³/mol. The molecule has 0 bridgehead atoms. The molecule has 0 radical (unpaired) electrons. The molecule has 25 heavy (non-hydrogen) atoms. The van der Waals surface area contributed by atoms with Crippen molar-refractivity contribution < 1.29 is 9.53 Å². The van der Waals surface area contributed by atoms with Gasteiger partial charge in [-0.1, -0.05) is 35.3 Å². The van der Waals surface area contributed by atoms with E-state index in [0.29, 0.717) is 22.2 Å². The minimum Gasteiger partial charge on any atom is -0.378 e. The first-order valence-corrected chi connectivity index (χ1v) is 8.86. The number of nitrogens with one attached hydrogen (secondary N) is 1. The lowest BCUT2D eigenvalue weighted by atomic mass is 10.1. The Morgan fingerprint density at radius 3 is 2.52 bits per heavy atom. The van der Waals surface area contributed by atoms with Crippen LogP contribution in [0, 0.1) is 0 Å². The molecular formula is C18H19Cl2N3O2. The summed E-state index contributed by atoms with van der Waals surface area (Å²) in [4.78, 5) is 18.8. The third-order valence-electron chi connectivity index (χ3n) is 4.03. The molecule has 0 atom stereocenters. The maximum Gasteiger partial charge on any atom is 0.224 e. The van der Waals surface area contributed by atoms with Gasteiger partial charge in [0, 0.05) is 35.9 Å². The Morgan fingerprint density at radius 2 is 1.88 bits per heavy atom. The van der Waals surface area contributed by atoms with Crippen molar-refractivity contribution in [2.24, 2.45) is 0 Å². The number of benzene rings is 1. The molecule has 1 amide bonds. The van der Waals surface area contributed by atoms with Gasteiger partial charge in [-0.2, -0.15) is 0 Å². The lowest BCUT2D eigenvalue weighted by molar-refractivity contribution is -0.120. The molecule has 1 N–H and O–H groups in total. The number of hydrogen-bond donors (Lipinski definition) is 1. The second-order valence-electron chi connectivity index (χ2n) is 5.78. The maximum absolute atomic E-state index is 12.1. The molecule has 5 nitrogen and oxygen atoms in total. The summed E-state index contributed by atoms with van der Waals surface area (Å²) in [6.45, 7) is 3.56. The third-order valence-corrected chi connectivity index (χ3v) is 4.74. The number of amides is 1. The van der Waals surface area contributed by atoms with Gasteiger partial charge in [-0.3, -0.25) is 4.79 Å². The lowest BCUT2D eigenvalue weighted by Gasteiger charge is -2.27. The molecule has 0 aliphatic carbocycles. The summed E-state index contributed by atoms with van der Waals surface area (Å²) in [6.07, 6.45) is 1.94. The monoisotopic (exact) mass is 379 g/mol. The van der Waals surface area contributed by atoms with Crippen molar-refractivity contribution in [1.82, 2.24) is 10.3 Å². The zero-order valence-corrected chi connectivity index (χ0v) is 15.2. The Hall–Kier alpha value is -1.82. The van der Waals surface area contributed by atoms with Gasteiger partial charge in [0.15, 0.2) is 0 Å². The fourth-order valence-electron chi connectivity index (χ4n) is 2.63. The van der Waals surface area contributed by atoms with Crippen molar-refractivity contribution in [3.63, 3.8) is 0 Å². The van der Waals surface area contributed by atoms with Crippen LogP contribution in [0.3, 0.4) is 0 Å². The zero-order chi connectivity index (χ0) is 17.6. The number of rotatable bonds is 5. The molecule has 3 rings (SSSR count). The number of ether oxygens (including phenoxy) is 1. The van der Waals surface area contributed by atoms with Gasteiger partial charge in [0.2, 0.25) is 5.91 Å². The van der Waals surface area contributed by atoms with Crippen molar-refractivity contribution in [3.05, 3.63) is 57.7 Å². The summed E-state index contributed by atoms with van der Waals surface area (Å²) in [7, 11) is 0. The second-order valence-corrected chi connectivity index (χ2v) is 6.59. The molecule has 0 spiro atoms. The highest BCUT2D eigenvalue weighted by Crippen LogP contribution is 2.24. The number of hydrogen-bond acceptors (Lipinski definition) is 4. The molecular weight excluding hydrogens is 361 g/mol. The number of morpholine rings is 1. The Balaban J connectivity index is 1.53. The fourth-order valence-corrected chi connectivity index (χ4v) is 3.16. The number of aromatic nitrogens is 1. The van der Waals surface area contributed by atoms with Crippen LogP contribution >= 0.6 is 23.2 Å². The summed E-state index contributed by atoms with van der Waals surface area (Å²) < 4.78 is 5.34. The van der Waals surface area contributed by atoms with Crippen LogP contribution in [-0.2, 0) is 22.5 Å². The van der Waals surface area contributed by atoms with E-state index >= 15 is 0 Å². The first kappa shape index (κ1) is 18.0. The molecule has 1 aliphatic rings. The largest absolute Gasteiger partial charge is 0.378 e. The van der Waals surface area contributed by atoms with Crippen LogP contribution in [0.1, 0.15) is 11.1 Å². The van der Waals surface area contributed by atoms with Crippen LogP contribution < -0.4 is 10.2 Å². The van der Waals surface area contributed by atoms with Crippen LogP contribution in [0.25, 0.3) is 0 Å². The van der Waals surface area contributed by atoms with Gasteiger partial charge in [-0.25, -0.2) is 4.98 Å². The highest BCUT2D eigenvalue weighted by molar-refractivity contribution is 6.36. The summed E-state index contributed by atoms with van der Waals surface area (Å²) >= 11 is 12.2. The van der Waals surface area contributed by atoms with Crippen LogP contribution in [0.2, 0.25) is 10.0 Å². The quantitative estimate of drug-likeness (QED) is 0.866. The summed E-state index contributed by atoms with van der Waals surface area (Å²) in [6, 6.07) is 9.15. The summed E-state index contributed by atoms with van der Waals surface area (Å²) in [5.74, 6) is 0.800. The average molecular weight is 380 g/mol. The van der Waals surface area contributed by atoms with E-state index in [0.717, 1.165) is 37.7 Å². The predicted octanol–water partition coefficient (Wildman–Crippen LogP) is 3.08. The minimum absolute atomic E-state index is 0.132. The third kappa shape index (κ3) is 4.84. The topological polar surface area (TPSA) is 54.5 Å². The molecule has 0 unspecified atom stereocenters. The highest BCUT2D eigenvalue weighted by atomic mass is 35.5. The number of carbonyl (C=O) groups excluding carboxylic acids is 1. The first-order chi connectivity index (χ1) is 12.1. The van der Waals surface area contributed by atoms with E-state index in [1.807, 2.05) is 12.1 Å². The molecule has 1 saturated heterocycles. The molecule has 1 aromatic heterocycles. The van der Waals surface area contributed by atoms with Crippen LogP contribution in [-0.4, -0.2) is 37.2 Å². The fraction of sp³-hybridized carbons (Fsp3) is 0.333. The summed E-state index contributed by atoms with van der Waals surface area (Å²) in [5, 5.41) is 3.87. The van der Waals surface area contributed by atoms with E-state index in [1.54, 1.807) is 24.4 Å². The Morgan fingerprint density at radius 1 is 1.16 bits per heavy atom. The van der Waals surface area contributed by atoms with Gasteiger partial charge < -0.3 is 15.0 Å². The molecule has 2 aromatic rings. The smallest absolute Gasteiger partial charge is 0.224 e. The highest BCUT2D eigenvalue weighted by Gasteiger charge is 2.13. The molecule has 0 saturated carbocycles. The molecule has 7 heteroatoms. The van der Waals surface area contributed by atoms with Crippen molar-refractivity contribution >= 4 is 34.9 Å². The number of anilines is 1. The van der Waals surface area contributed by atoms with Crippen LogP contribution in [0.15, 0.2) is 36.5 Å². The normalized spacial score (nSPS) is 14.4. The molecule has 2 heterocycles. The standard InChI is InChI=1S/C18H19Cl2N3O2/c19-15-2-1-3-16(20)14(15)10-18(24)22-12-13-4-5-17(21-11-13)23-6-8-25-9-7-23/h1-5,11H,6-10,12H2,(H,22,24). The maximum atomic E-state index is 12.1. The molecule has 132 valence electrons. The van der Waals surface area contributed by atoms with Crippen LogP contribution in [0.4, 0.5) is 5.82 Å². The molecule has 1 fully saturated rings. The number of halogens is 2. The number of carbonyl (C=O) groups is 1. The second kappa shape index (κ2) is 8.52. The van der Waals surface area contributed by atoms with E-state index in [1.165, 1.54) is 0 Å². The Bertz CT molecular complexity index is 711. The Labute approximate surface area is 156 Å². The van der Waals surface area contributed by atoms with Crippen molar-refractivity contribution in [3.8, 4) is 0 Å². The van der Waals surface area contributed by atoms with Gasteiger partial charge in [-0.15, -0.1) is 0 Å². The Kier molecular flexibility index (Phi) is 6.13. The van der Waals surface area contributed by atoms with E-state index < -0.39 is 0 Å². The van der Waals surface area contributed by atoms with Crippen molar-refractivity contribution in [1.29, 1.82) is 0 Å². The van der Waals surface area contributed by atoms with Gasteiger partial charge in [0.25, 0.3) is 0 Å². The lowest BCUT2D eigenvalue weighted by Crippen LogP contribution is -2.36. The molecule has 1 aromatic carbocycles. The van der Waals surface area contributed by atoms with Crippen LogP contribution in [0.5, 0.6) is 0 Å². The number of nitrogens with zero attached hydrogens (tertiary/aromatic N) is 2.